The molecule has 2 aromatic carbocycles. The lowest BCUT2D eigenvalue weighted by Crippen LogP contribution is -2.46. The molecule has 0 aromatic heterocycles. The summed E-state index contributed by atoms with van der Waals surface area (Å²) >= 11 is 5.96. The predicted octanol–water partition coefficient (Wildman–Crippen LogP) is 4.74. The quantitative estimate of drug-likeness (QED) is 0.686. The van der Waals surface area contributed by atoms with E-state index in [-0.39, 0.29) is 5.78 Å². The van der Waals surface area contributed by atoms with Crippen molar-refractivity contribution >= 4 is 23.1 Å². The van der Waals surface area contributed by atoms with Crippen LogP contribution < -0.4 is 4.90 Å². The average molecular weight is 371 g/mol. The molecule has 1 aliphatic rings. The molecule has 138 valence electrons. The first-order valence-corrected chi connectivity index (χ1v) is 9.74. The summed E-state index contributed by atoms with van der Waals surface area (Å²) in [5.74, 6) is 0.269. The van der Waals surface area contributed by atoms with E-state index in [9.17, 15) is 4.79 Å². The zero-order valence-corrected chi connectivity index (χ0v) is 16.4. The third-order valence-corrected chi connectivity index (χ3v) is 5.39. The number of benzene rings is 2. The Morgan fingerprint density at radius 3 is 2.38 bits per heavy atom. The Hall–Kier alpha value is -1.84. The van der Waals surface area contributed by atoms with Gasteiger partial charge >= 0.3 is 0 Å². The van der Waals surface area contributed by atoms with Gasteiger partial charge < -0.3 is 4.90 Å². The zero-order chi connectivity index (χ0) is 18.5. The number of halogens is 1. The fourth-order valence-corrected chi connectivity index (χ4v) is 3.64. The van der Waals surface area contributed by atoms with Crippen LogP contribution in [-0.4, -0.2) is 43.4 Å². The number of hydrogen-bond acceptors (Lipinski definition) is 3. The fraction of sp³-hybridized carbons (Fsp3) is 0.409. The van der Waals surface area contributed by atoms with Gasteiger partial charge in [0.05, 0.1) is 0 Å². The minimum atomic E-state index is 0.269. The average Bonchev–Trinajstić information content (AvgIpc) is 2.65. The summed E-state index contributed by atoms with van der Waals surface area (Å²) in [6.45, 7) is 9.17. The number of carbonyl (C=O) groups excluding carboxylic acids is 1. The maximum Gasteiger partial charge on any atom is 0.163 e. The second kappa shape index (κ2) is 8.70. The second-order valence-corrected chi connectivity index (χ2v) is 7.59. The first-order valence-electron chi connectivity index (χ1n) is 9.36. The smallest absolute Gasteiger partial charge is 0.163 e. The molecule has 0 N–H and O–H groups in total. The maximum absolute atomic E-state index is 12.5. The van der Waals surface area contributed by atoms with E-state index in [1.165, 1.54) is 5.69 Å². The van der Waals surface area contributed by atoms with E-state index in [0.29, 0.717) is 6.42 Å². The van der Waals surface area contributed by atoms with Gasteiger partial charge in [0.15, 0.2) is 5.78 Å². The summed E-state index contributed by atoms with van der Waals surface area (Å²) in [6, 6.07) is 14.2. The van der Waals surface area contributed by atoms with Crippen molar-refractivity contribution in [3.8, 4) is 0 Å². The van der Waals surface area contributed by atoms with Crippen molar-refractivity contribution in [2.45, 2.75) is 26.7 Å². The molecule has 0 saturated carbocycles. The minimum absolute atomic E-state index is 0.269. The van der Waals surface area contributed by atoms with Gasteiger partial charge in [-0.25, -0.2) is 0 Å². The van der Waals surface area contributed by atoms with E-state index in [2.05, 4.69) is 28.0 Å². The highest BCUT2D eigenvalue weighted by molar-refractivity contribution is 6.30. The van der Waals surface area contributed by atoms with Crippen LogP contribution in [0.2, 0.25) is 5.02 Å². The number of aryl methyl sites for hydroxylation is 2. The van der Waals surface area contributed by atoms with E-state index in [1.54, 1.807) is 0 Å². The lowest BCUT2D eigenvalue weighted by Gasteiger charge is -2.36. The van der Waals surface area contributed by atoms with E-state index < -0.39 is 0 Å². The maximum atomic E-state index is 12.5. The summed E-state index contributed by atoms with van der Waals surface area (Å²) in [4.78, 5) is 17.3. The van der Waals surface area contributed by atoms with Crippen molar-refractivity contribution in [2.75, 3.05) is 37.6 Å². The van der Waals surface area contributed by atoms with Crippen LogP contribution in [0.4, 0.5) is 5.69 Å². The highest BCUT2D eigenvalue weighted by Crippen LogP contribution is 2.20. The van der Waals surface area contributed by atoms with Gasteiger partial charge in [0.1, 0.15) is 0 Å². The SMILES string of the molecule is Cc1ccc(C)c(C(=O)CCCN2CCN(c3ccc(Cl)cc3)CC2)c1. The molecule has 3 rings (SSSR count). The standard InChI is InChI=1S/C22H27ClN2O/c1-17-5-6-18(2)21(16-17)22(26)4-3-11-24-12-14-25(15-13-24)20-9-7-19(23)8-10-20/h5-10,16H,3-4,11-15H2,1-2H3. The Labute approximate surface area is 161 Å². The number of Topliss-reactive ketones (excluding diaryl/α,β-unsaturated/α-hetero) is 1. The molecule has 0 amide bonds. The van der Waals surface area contributed by atoms with E-state index in [1.807, 2.05) is 38.1 Å². The molecule has 1 saturated heterocycles. The molecule has 1 fully saturated rings. The van der Waals surface area contributed by atoms with Crippen molar-refractivity contribution in [3.05, 3.63) is 64.2 Å². The van der Waals surface area contributed by atoms with Crippen molar-refractivity contribution in [2.24, 2.45) is 0 Å². The van der Waals surface area contributed by atoms with Gasteiger partial charge in [-0.15, -0.1) is 0 Å². The summed E-state index contributed by atoms with van der Waals surface area (Å²) in [5, 5.41) is 0.779. The molecule has 3 nitrogen and oxygen atoms in total. The highest BCUT2D eigenvalue weighted by atomic mass is 35.5. The predicted molar refractivity (Wildman–Crippen MR) is 110 cm³/mol. The van der Waals surface area contributed by atoms with Crippen molar-refractivity contribution in [1.29, 1.82) is 0 Å². The Morgan fingerprint density at radius 1 is 1.00 bits per heavy atom. The molecule has 0 unspecified atom stereocenters. The molecule has 0 atom stereocenters. The van der Waals surface area contributed by atoms with Crippen molar-refractivity contribution < 1.29 is 4.79 Å². The Bertz CT molecular complexity index is 749. The highest BCUT2D eigenvalue weighted by Gasteiger charge is 2.17. The normalized spacial score (nSPS) is 15.3. The first-order chi connectivity index (χ1) is 12.5. The van der Waals surface area contributed by atoms with Gasteiger partial charge in [-0.05, 0) is 62.7 Å². The summed E-state index contributed by atoms with van der Waals surface area (Å²) in [5.41, 5.74) is 4.35. The second-order valence-electron chi connectivity index (χ2n) is 7.15. The van der Waals surface area contributed by atoms with Gasteiger partial charge in [-0.2, -0.15) is 0 Å². The van der Waals surface area contributed by atoms with Crippen LogP contribution in [0.25, 0.3) is 0 Å². The third kappa shape index (κ3) is 4.87. The number of hydrogen-bond donors (Lipinski definition) is 0. The molecule has 0 bridgehead atoms. The van der Waals surface area contributed by atoms with Gasteiger partial charge in [0.25, 0.3) is 0 Å². The van der Waals surface area contributed by atoms with Crippen LogP contribution in [0.15, 0.2) is 42.5 Å². The molecule has 0 aliphatic carbocycles. The number of anilines is 1. The van der Waals surface area contributed by atoms with Crippen LogP contribution in [-0.2, 0) is 0 Å². The monoisotopic (exact) mass is 370 g/mol. The van der Waals surface area contributed by atoms with Crippen molar-refractivity contribution in [3.63, 3.8) is 0 Å². The van der Waals surface area contributed by atoms with Crippen LogP contribution in [0.3, 0.4) is 0 Å². The van der Waals surface area contributed by atoms with Gasteiger partial charge in [-0.3, -0.25) is 9.69 Å². The molecule has 1 aliphatic heterocycles. The number of carbonyl (C=O) groups is 1. The number of ketones is 1. The van der Waals surface area contributed by atoms with Crippen LogP contribution in [0.1, 0.15) is 34.3 Å². The Kier molecular flexibility index (Phi) is 6.33. The molecule has 26 heavy (non-hydrogen) atoms. The molecule has 2 aromatic rings. The van der Waals surface area contributed by atoms with Gasteiger partial charge in [-0.1, -0.05) is 29.3 Å². The molecular formula is C22H27ClN2O. The molecule has 0 spiro atoms. The summed E-state index contributed by atoms with van der Waals surface area (Å²) < 4.78 is 0. The van der Waals surface area contributed by atoms with E-state index in [0.717, 1.165) is 60.9 Å². The van der Waals surface area contributed by atoms with Crippen LogP contribution >= 0.6 is 11.6 Å². The van der Waals surface area contributed by atoms with E-state index >= 15 is 0 Å². The number of piperazine rings is 1. The Morgan fingerprint density at radius 2 is 1.69 bits per heavy atom. The molecule has 1 heterocycles. The lowest BCUT2D eigenvalue weighted by atomic mass is 9.99. The zero-order valence-electron chi connectivity index (χ0n) is 15.7. The first kappa shape index (κ1) is 18.9. The summed E-state index contributed by atoms with van der Waals surface area (Å²) in [6.07, 6.45) is 1.55. The molecular weight excluding hydrogens is 344 g/mol. The Balaban J connectivity index is 1.43. The van der Waals surface area contributed by atoms with Crippen LogP contribution in [0, 0.1) is 13.8 Å². The molecule has 4 heteroatoms. The van der Waals surface area contributed by atoms with Gasteiger partial charge in [0, 0.05) is 48.9 Å². The topological polar surface area (TPSA) is 23.6 Å². The minimum Gasteiger partial charge on any atom is -0.369 e. The van der Waals surface area contributed by atoms with E-state index in [4.69, 9.17) is 11.6 Å². The third-order valence-electron chi connectivity index (χ3n) is 5.14. The fourth-order valence-electron chi connectivity index (χ4n) is 3.52. The van der Waals surface area contributed by atoms with Crippen molar-refractivity contribution in [1.82, 2.24) is 4.90 Å². The number of rotatable bonds is 6. The number of nitrogens with zero attached hydrogens (tertiary/aromatic N) is 2. The lowest BCUT2D eigenvalue weighted by molar-refractivity contribution is 0.0973. The van der Waals surface area contributed by atoms with Crippen LogP contribution in [0.5, 0.6) is 0 Å². The van der Waals surface area contributed by atoms with Gasteiger partial charge in [0.2, 0.25) is 0 Å². The largest absolute Gasteiger partial charge is 0.369 e. The molecule has 0 radical (unpaired) electrons. The summed E-state index contributed by atoms with van der Waals surface area (Å²) in [7, 11) is 0.